The van der Waals surface area contributed by atoms with Gasteiger partial charge in [0.05, 0.1) is 0 Å². The lowest BCUT2D eigenvalue weighted by Gasteiger charge is -2.29. The molecule has 1 aromatic rings. The van der Waals surface area contributed by atoms with Gasteiger partial charge in [0, 0.05) is 13.1 Å². The molecule has 0 bridgehead atoms. The van der Waals surface area contributed by atoms with E-state index in [0.717, 1.165) is 31.5 Å². The van der Waals surface area contributed by atoms with Crippen molar-refractivity contribution >= 4 is 10.0 Å². The zero-order valence-electron chi connectivity index (χ0n) is 12.6. The Morgan fingerprint density at radius 3 is 2.62 bits per heavy atom. The molecule has 0 spiro atoms. The molecular weight excluding hydrogens is 291 g/mol. The maximum atomic E-state index is 13.9. The molecule has 1 heterocycles. The first-order chi connectivity index (χ1) is 9.95. The molecule has 1 N–H and O–H groups in total. The molecule has 0 unspecified atom stereocenters. The van der Waals surface area contributed by atoms with Crippen LogP contribution in [0.25, 0.3) is 0 Å². The number of nitrogens with one attached hydrogen (secondary N) is 1. The Labute approximate surface area is 126 Å². The van der Waals surface area contributed by atoms with Gasteiger partial charge in [0.2, 0.25) is 10.0 Å². The fourth-order valence-corrected chi connectivity index (χ4v) is 4.37. The summed E-state index contributed by atoms with van der Waals surface area (Å²) in [6, 6.07) is 4.22. The van der Waals surface area contributed by atoms with Crippen molar-refractivity contribution in [3.63, 3.8) is 0 Å². The van der Waals surface area contributed by atoms with Gasteiger partial charge in [0.15, 0.2) is 0 Å². The molecule has 1 fully saturated rings. The van der Waals surface area contributed by atoms with Crippen molar-refractivity contribution in [3.05, 3.63) is 29.6 Å². The fourth-order valence-electron chi connectivity index (χ4n) is 2.70. The van der Waals surface area contributed by atoms with E-state index in [1.54, 1.807) is 19.9 Å². The minimum atomic E-state index is -3.77. The van der Waals surface area contributed by atoms with Gasteiger partial charge in [-0.2, -0.15) is 4.31 Å². The number of rotatable bonds is 5. The Morgan fingerprint density at radius 1 is 1.33 bits per heavy atom. The van der Waals surface area contributed by atoms with E-state index in [4.69, 9.17) is 0 Å². The monoisotopic (exact) mass is 314 g/mol. The first kappa shape index (κ1) is 16.4. The zero-order chi connectivity index (χ0) is 15.5. The van der Waals surface area contributed by atoms with Crippen LogP contribution in [0.1, 0.15) is 25.3 Å². The van der Waals surface area contributed by atoms with Crippen molar-refractivity contribution in [2.24, 2.45) is 5.92 Å². The largest absolute Gasteiger partial charge is 0.317 e. The second-order valence-corrected chi connectivity index (χ2v) is 7.49. The minimum Gasteiger partial charge on any atom is -0.317 e. The predicted octanol–water partition coefficient (Wildman–Crippen LogP) is 2.14. The second-order valence-electron chi connectivity index (χ2n) is 5.58. The van der Waals surface area contributed by atoms with Crippen molar-refractivity contribution in [3.8, 4) is 0 Å². The molecule has 0 radical (unpaired) electrons. The number of hydrogen-bond acceptors (Lipinski definition) is 3. The van der Waals surface area contributed by atoms with E-state index in [1.807, 2.05) is 0 Å². The molecule has 1 aliphatic rings. The molecule has 1 saturated heterocycles. The number of piperidine rings is 1. The molecule has 21 heavy (non-hydrogen) atoms. The normalized spacial score (nSPS) is 17.3. The number of hydrogen-bond donors (Lipinski definition) is 1. The number of sulfonamides is 1. The van der Waals surface area contributed by atoms with Crippen LogP contribution in [-0.2, 0) is 10.0 Å². The molecule has 0 aliphatic carbocycles. The Balaban J connectivity index is 2.24. The topological polar surface area (TPSA) is 49.4 Å². The summed E-state index contributed by atoms with van der Waals surface area (Å²) in [5.41, 5.74) is 0.743. The summed E-state index contributed by atoms with van der Waals surface area (Å²) in [6.45, 7) is 6.23. The van der Waals surface area contributed by atoms with Crippen LogP contribution in [0.2, 0.25) is 0 Å². The maximum Gasteiger partial charge on any atom is 0.245 e. The van der Waals surface area contributed by atoms with E-state index in [-0.39, 0.29) is 4.90 Å². The molecule has 118 valence electrons. The Hall–Kier alpha value is -0.980. The van der Waals surface area contributed by atoms with Crippen molar-refractivity contribution in [1.82, 2.24) is 9.62 Å². The van der Waals surface area contributed by atoms with Gasteiger partial charge < -0.3 is 5.32 Å². The van der Waals surface area contributed by atoms with Crippen LogP contribution >= 0.6 is 0 Å². The van der Waals surface area contributed by atoms with Crippen molar-refractivity contribution < 1.29 is 12.8 Å². The molecule has 0 amide bonds. The maximum absolute atomic E-state index is 13.9. The van der Waals surface area contributed by atoms with Gasteiger partial charge in [0.1, 0.15) is 10.7 Å². The van der Waals surface area contributed by atoms with Gasteiger partial charge in [-0.25, -0.2) is 12.8 Å². The molecule has 1 aromatic carbocycles. The summed E-state index contributed by atoms with van der Waals surface area (Å²) >= 11 is 0. The SMILES string of the molecule is CCN(CC1CCNCC1)S(=O)(=O)c1cc(C)ccc1F. The lowest BCUT2D eigenvalue weighted by atomic mass is 9.98. The fraction of sp³-hybridized carbons (Fsp3) is 0.600. The summed E-state index contributed by atoms with van der Waals surface area (Å²) in [4.78, 5) is -0.210. The summed E-state index contributed by atoms with van der Waals surface area (Å²) in [6.07, 6.45) is 1.92. The highest BCUT2D eigenvalue weighted by atomic mass is 32.2. The minimum absolute atomic E-state index is 0.210. The van der Waals surface area contributed by atoms with Gasteiger partial charge in [-0.3, -0.25) is 0 Å². The third-order valence-electron chi connectivity index (χ3n) is 3.98. The highest BCUT2D eigenvalue weighted by molar-refractivity contribution is 7.89. The number of benzene rings is 1. The molecule has 0 atom stereocenters. The lowest BCUT2D eigenvalue weighted by Crippen LogP contribution is -2.39. The molecular formula is C15H23FN2O2S. The number of halogens is 1. The molecule has 2 rings (SSSR count). The van der Waals surface area contributed by atoms with Crippen LogP contribution in [0.5, 0.6) is 0 Å². The van der Waals surface area contributed by atoms with Gasteiger partial charge >= 0.3 is 0 Å². The molecule has 0 saturated carbocycles. The first-order valence-electron chi connectivity index (χ1n) is 7.42. The summed E-state index contributed by atoms with van der Waals surface area (Å²) in [5.74, 6) is -0.335. The van der Waals surface area contributed by atoms with Crippen molar-refractivity contribution in [1.29, 1.82) is 0 Å². The Bertz CT molecular complexity index is 583. The summed E-state index contributed by atoms with van der Waals surface area (Å²) < 4.78 is 40.7. The van der Waals surface area contributed by atoms with Crippen molar-refractivity contribution in [2.45, 2.75) is 31.6 Å². The quantitative estimate of drug-likeness (QED) is 0.906. The van der Waals surface area contributed by atoms with E-state index < -0.39 is 15.8 Å². The Morgan fingerprint density at radius 2 is 2.00 bits per heavy atom. The molecule has 1 aliphatic heterocycles. The standard InChI is InChI=1S/C15H23FN2O2S/c1-3-18(11-13-6-8-17-9-7-13)21(19,20)15-10-12(2)4-5-14(15)16/h4-5,10,13,17H,3,6-9,11H2,1-2H3. The van der Waals surface area contributed by atoms with Crippen LogP contribution in [0, 0.1) is 18.7 Å². The van der Waals surface area contributed by atoms with E-state index in [0.29, 0.717) is 19.0 Å². The summed E-state index contributed by atoms with van der Waals surface area (Å²) in [5, 5.41) is 3.27. The highest BCUT2D eigenvalue weighted by Crippen LogP contribution is 2.23. The van der Waals surface area contributed by atoms with Crippen LogP contribution < -0.4 is 5.32 Å². The van der Waals surface area contributed by atoms with Crippen LogP contribution in [0.3, 0.4) is 0 Å². The van der Waals surface area contributed by atoms with Gasteiger partial charge in [-0.15, -0.1) is 0 Å². The Kier molecular flexibility index (Phi) is 5.35. The van der Waals surface area contributed by atoms with Crippen LogP contribution in [0.15, 0.2) is 23.1 Å². The zero-order valence-corrected chi connectivity index (χ0v) is 13.4. The van der Waals surface area contributed by atoms with E-state index >= 15 is 0 Å². The first-order valence-corrected chi connectivity index (χ1v) is 8.86. The van der Waals surface area contributed by atoms with E-state index in [1.165, 1.54) is 16.4 Å². The van der Waals surface area contributed by atoms with Crippen molar-refractivity contribution in [2.75, 3.05) is 26.2 Å². The third kappa shape index (κ3) is 3.81. The van der Waals surface area contributed by atoms with Gasteiger partial charge in [0.25, 0.3) is 0 Å². The van der Waals surface area contributed by atoms with E-state index in [9.17, 15) is 12.8 Å². The summed E-state index contributed by atoms with van der Waals surface area (Å²) in [7, 11) is -3.77. The average Bonchev–Trinajstić information content (AvgIpc) is 2.48. The molecule has 4 nitrogen and oxygen atoms in total. The average molecular weight is 314 g/mol. The van der Waals surface area contributed by atoms with Gasteiger partial charge in [-0.1, -0.05) is 13.0 Å². The predicted molar refractivity (Wildman–Crippen MR) is 81.2 cm³/mol. The number of aryl methyl sites for hydroxylation is 1. The second kappa shape index (κ2) is 6.85. The third-order valence-corrected chi connectivity index (χ3v) is 5.93. The van der Waals surface area contributed by atoms with Crippen LogP contribution in [-0.4, -0.2) is 38.9 Å². The number of nitrogens with zero attached hydrogens (tertiary/aromatic N) is 1. The lowest BCUT2D eigenvalue weighted by molar-refractivity contribution is 0.293. The van der Waals surface area contributed by atoms with E-state index in [2.05, 4.69) is 5.32 Å². The highest BCUT2D eigenvalue weighted by Gasteiger charge is 2.29. The van der Waals surface area contributed by atoms with Gasteiger partial charge in [-0.05, 0) is 56.5 Å². The van der Waals surface area contributed by atoms with Crippen LogP contribution in [0.4, 0.5) is 4.39 Å². The smallest absolute Gasteiger partial charge is 0.245 e. The molecule has 6 heteroatoms. The molecule has 0 aromatic heterocycles.